The Hall–Kier alpha value is -3.84. The molecule has 36 heavy (non-hydrogen) atoms. The standard InChI is InChI=1S/C24H19F3N4O4S/c1-36(34,35)20-11-14(13-29)5-6-17(20)22-21-18(7-8-19(21)32)31(23(33)30(22)10-9-28)16-4-2-3-15(12-16)24(25,26)27/h2-6,11-12,22,34-35H,7-8,10H2,1H3/t22-/m1/s1. The molecule has 8 nitrogen and oxygen atoms in total. The Morgan fingerprint density at radius 3 is 2.44 bits per heavy atom. The number of nitrogens with zero attached hydrogens (tertiary/aromatic N) is 4. The highest BCUT2D eigenvalue weighted by molar-refractivity contribution is 8.23. The first kappa shape index (κ1) is 25.3. The third kappa shape index (κ3) is 4.31. The number of alkyl halides is 3. The second-order valence-corrected chi connectivity index (χ2v) is 10.4. The van der Waals surface area contributed by atoms with E-state index < -0.39 is 40.9 Å². The molecule has 1 aliphatic heterocycles. The van der Waals surface area contributed by atoms with Gasteiger partial charge in [0.15, 0.2) is 5.78 Å². The monoisotopic (exact) mass is 516 g/mol. The van der Waals surface area contributed by atoms with Gasteiger partial charge in [0.2, 0.25) is 0 Å². The Balaban J connectivity index is 1.98. The molecule has 2 aromatic carbocycles. The molecular weight excluding hydrogens is 497 g/mol. The van der Waals surface area contributed by atoms with Gasteiger partial charge in [-0.15, -0.1) is 0 Å². The van der Waals surface area contributed by atoms with Crippen LogP contribution in [0.3, 0.4) is 0 Å². The highest BCUT2D eigenvalue weighted by Gasteiger charge is 2.47. The summed E-state index contributed by atoms with van der Waals surface area (Å²) in [5.41, 5.74) is -0.572. The van der Waals surface area contributed by atoms with Crippen molar-refractivity contribution >= 4 is 28.1 Å². The fourth-order valence-corrected chi connectivity index (χ4v) is 5.50. The van der Waals surface area contributed by atoms with Crippen LogP contribution in [0.15, 0.2) is 58.6 Å². The van der Waals surface area contributed by atoms with Crippen LogP contribution in [0.5, 0.6) is 0 Å². The number of nitriles is 2. The third-order valence-corrected chi connectivity index (χ3v) is 7.21. The molecule has 0 fully saturated rings. The number of rotatable bonds is 4. The molecule has 2 amide bonds. The molecule has 0 aromatic heterocycles. The van der Waals surface area contributed by atoms with E-state index in [1.54, 1.807) is 0 Å². The quantitative estimate of drug-likeness (QED) is 0.521. The minimum absolute atomic E-state index is 0.0156. The number of carbonyl (C=O) groups is 2. The van der Waals surface area contributed by atoms with Crippen LogP contribution in [0.2, 0.25) is 0 Å². The van der Waals surface area contributed by atoms with Gasteiger partial charge in [0.1, 0.15) is 6.54 Å². The Bertz CT molecular complexity index is 1390. The van der Waals surface area contributed by atoms with Crippen LogP contribution < -0.4 is 4.90 Å². The molecule has 2 N–H and O–H groups in total. The first-order valence-corrected chi connectivity index (χ1v) is 12.5. The van der Waals surface area contributed by atoms with Gasteiger partial charge in [-0.05, 0) is 36.8 Å². The van der Waals surface area contributed by atoms with Gasteiger partial charge >= 0.3 is 12.2 Å². The third-order valence-electron chi connectivity index (χ3n) is 6.02. The van der Waals surface area contributed by atoms with E-state index in [1.165, 1.54) is 24.3 Å². The van der Waals surface area contributed by atoms with E-state index in [0.29, 0.717) is 0 Å². The zero-order valence-electron chi connectivity index (χ0n) is 18.8. The fourth-order valence-electron chi connectivity index (χ4n) is 4.53. The van der Waals surface area contributed by atoms with Crippen molar-refractivity contribution in [2.75, 3.05) is 17.7 Å². The topological polar surface area (TPSA) is 129 Å². The minimum atomic E-state index is -4.67. The predicted molar refractivity (Wildman–Crippen MR) is 124 cm³/mol. The van der Waals surface area contributed by atoms with Gasteiger partial charge in [-0.25, -0.2) is 4.79 Å². The number of allylic oxidation sites excluding steroid dienone is 1. The summed E-state index contributed by atoms with van der Waals surface area (Å²) in [6, 6.07) is 9.85. The first-order chi connectivity index (χ1) is 16.9. The van der Waals surface area contributed by atoms with Crippen LogP contribution in [0.1, 0.15) is 35.6 Å². The Morgan fingerprint density at radius 1 is 1.11 bits per heavy atom. The molecule has 1 atom stereocenters. The van der Waals surface area contributed by atoms with Crippen molar-refractivity contribution in [2.24, 2.45) is 0 Å². The lowest BCUT2D eigenvalue weighted by atomic mass is 9.92. The summed E-state index contributed by atoms with van der Waals surface area (Å²) >= 11 is 0. The zero-order valence-corrected chi connectivity index (χ0v) is 19.6. The van der Waals surface area contributed by atoms with Crippen LogP contribution >= 0.6 is 10.6 Å². The van der Waals surface area contributed by atoms with Crippen molar-refractivity contribution in [1.82, 2.24) is 4.90 Å². The number of Topliss-reactive ketones (excluding diaryl/α,β-unsaturated/α-hetero) is 1. The van der Waals surface area contributed by atoms with Crippen molar-refractivity contribution in [3.8, 4) is 12.1 Å². The van der Waals surface area contributed by atoms with E-state index in [-0.39, 0.29) is 51.6 Å². The fraction of sp³-hybridized carbons (Fsp3) is 0.250. The molecule has 0 unspecified atom stereocenters. The van der Waals surface area contributed by atoms with Crippen molar-refractivity contribution in [1.29, 1.82) is 10.5 Å². The molecule has 186 valence electrons. The van der Waals surface area contributed by atoms with Crippen LogP contribution in [0, 0.1) is 22.7 Å². The van der Waals surface area contributed by atoms with Crippen molar-refractivity contribution in [3.05, 3.63) is 70.4 Å². The number of urea groups is 1. The minimum Gasteiger partial charge on any atom is -0.299 e. The van der Waals surface area contributed by atoms with Gasteiger partial charge in [0.05, 0.1) is 39.9 Å². The normalized spacial score (nSPS) is 18.7. The molecule has 12 heteroatoms. The number of halogens is 3. The maximum absolute atomic E-state index is 13.7. The summed E-state index contributed by atoms with van der Waals surface area (Å²) in [6.45, 7) is -0.536. The van der Waals surface area contributed by atoms with Crippen LogP contribution in [0.25, 0.3) is 0 Å². The first-order valence-electron chi connectivity index (χ1n) is 10.6. The van der Waals surface area contributed by atoms with Crippen molar-refractivity contribution in [3.63, 3.8) is 0 Å². The lowest BCUT2D eigenvalue weighted by molar-refractivity contribution is -0.137. The molecule has 2 aromatic rings. The highest BCUT2D eigenvalue weighted by atomic mass is 32.3. The predicted octanol–water partition coefficient (Wildman–Crippen LogP) is 5.44. The summed E-state index contributed by atoms with van der Waals surface area (Å²) in [6.07, 6.45) is -3.48. The smallest absolute Gasteiger partial charge is 0.299 e. The molecule has 0 radical (unpaired) electrons. The molecule has 4 rings (SSSR count). The molecule has 0 saturated carbocycles. The molecule has 0 saturated heterocycles. The lowest BCUT2D eigenvalue weighted by Crippen LogP contribution is -2.50. The Kier molecular flexibility index (Phi) is 6.31. The van der Waals surface area contributed by atoms with Crippen LogP contribution in [-0.4, -0.2) is 38.6 Å². The average Bonchev–Trinajstić information content (AvgIpc) is 3.19. The van der Waals surface area contributed by atoms with E-state index >= 15 is 0 Å². The Labute approximate surface area is 205 Å². The van der Waals surface area contributed by atoms with E-state index in [4.69, 9.17) is 0 Å². The number of benzene rings is 2. The lowest BCUT2D eigenvalue weighted by Gasteiger charge is -2.43. The molecule has 2 aliphatic rings. The van der Waals surface area contributed by atoms with E-state index in [1.807, 2.05) is 12.1 Å². The number of amides is 2. The largest absolute Gasteiger partial charge is 0.416 e. The maximum atomic E-state index is 13.7. The SMILES string of the molecule is CS(O)(O)c1cc(C#N)ccc1[C@@H]1C2=C(CCC2=O)N(c2cccc(C(F)(F)F)c2)C(=O)N1CC#N. The Morgan fingerprint density at radius 2 is 1.83 bits per heavy atom. The molecule has 0 bridgehead atoms. The zero-order chi connectivity index (χ0) is 26.4. The summed E-state index contributed by atoms with van der Waals surface area (Å²) in [5.74, 6) is -0.384. The maximum Gasteiger partial charge on any atom is 0.416 e. The van der Waals surface area contributed by atoms with Gasteiger partial charge < -0.3 is 0 Å². The van der Waals surface area contributed by atoms with Gasteiger partial charge in [0, 0.05) is 29.5 Å². The van der Waals surface area contributed by atoms with Gasteiger partial charge in [0.25, 0.3) is 0 Å². The van der Waals surface area contributed by atoms with E-state index in [2.05, 4.69) is 0 Å². The molecule has 1 aliphatic carbocycles. The number of hydrogen-bond donors (Lipinski definition) is 2. The second kappa shape index (κ2) is 8.99. The van der Waals surface area contributed by atoms with Crippen molar-refractivity contribution < 1.29 is 31.9 Å². The van der Waals surface area contributed by atoms with Gasteiger partial charge in [-0.2, -0.15) is 34.3 Å². The number of carbonyl (C=O) groups excluding carboxylic acids is 2. The van der Waals surface area contributed by atoms with Gasteiger partial charge in [-0.3, -0.25) is 23.7 Å². The van der Waals surface area contributed by atoms with Crippen LogP contribution in [-0.2, 0) is 11.0 Å². The summed E-state index contributed by atoms with van der Waals surface area (Å²) in [5, 5.41) is 18.8. The summed E-state index contributed by atoms with van der Waals surface area (Å²) < 4.78 is 61.1. The van der Waals surface area contributed by atoms with Gasteiger partial charge in [-0.1, -0.05) is 12.1 Å². The second-order valence-electron chi connectivity index (χ2n) is 8.34. The molecular formula is C24H19F3N4O4S. The van der Waals surface area contributed by atoms with E-state index in [9.17, 15) is 42.4 Å². The summed E-state index contributed by atoms with van der Waals surface area (Å²) in [4.78, 5) is 28.7. The number of anilines is 1. The highest BCUT2D eigenvalue weighted by Crippen LogP contribution is 2.53. The molecule has 1 heterocycles. The van der Waals surface area contributed by atoms with E-state index in [0.717, 1.165) is 34.3 Å². The van der Waals surface area contributed by atoms with Crippen molar-refractivity contribution in [2.45, 2.75) is 30.0 Å². The van der Waals surface area contributed by atoms with Crippen LogP contribution in [0.4, 0.5) is 23.7 Å². The number of ketones is 1. The number of hydrogen-bond acceptors (Lipinski definition) is 6. The summed E-state index contributed by atoms with van der Waals surface area (Å²) in [7, 11) is -3.45. The molecule has 0 spiro atoms. The average molecular weight is 517 g/mol.